The van der Waals surface area contributed by atoms with E-state index < -0.39 is 16.9 Å². The predicted octanol–water partition coefficient (Wildman–Crippen LogP) is 4.14. The summed E-state index contributed by atoms with van der Waals surface area (Å²) >= 11 is 6.40. The van der Waals surface area contributed by atoms with Gasteiger partial charge in [0.2, 0.25) is 0 Å². The molecule has 10 heteroatoms. The number of hydrogen-bond acceptors (Lipinski definition) is 6. The van der Waals surface area contributed by atoms with Crippen molar-refractivity contribution in [2.45, 2.75) is 20.5 Å². The molecule has 1 fully saturated rings. The number of non-ortho nitro benzene ring substituents is 1. The Bertz CT molecular complexity index is 1050. The zero-order valence-corrected chi connectivity index (χ0v) is 17.6. The standard InChI is InChI=1S/C21H20ClN3O6/c1-3-24-20(26)17(23-21(24)27)10-14-9-16(22)19(18(11-14)30-4-2)31-12-13-5-7-15(8-6-13)25(28)29/h5-11H,3-4,12H2,1-2H3,(H,23,27)/b17-10+. The Kier molecular flexibility index (Phi) is 6.76. The van der Waals surface area contributed by atoms with E-state index in [1.807, 2.05) is 0 Å². The molecule has 31 heavy (non-hydrogen) atoms. The van der Waals surface area contributed by atoms with Crippen molar-refractivity contribution in [3.05, 3.63) is 68.4 Å². The molecule has 3 rings (SSSR count). The molecule has 1 aliphatic rings. The van der Waals surface area contributed by atoms with Gasteiger partial charge >= 0.3 is 6.03 Å². The number of ether oxygens (including phenoxy) is 2. The summed E-state index contributed by atoms with van der Waals surface area (Å²) in [5, 5.41) is 13.6. The van der Waals surface area contributed by atoms with Crippen LogP contribution in [0.2, 0.25) is 5.02 Å². The third-order valence-electron chi connectivity index (χ3n) is 4.45. The van der Waals surface area contributed by atoms with Gasteiger partial charge in [-0.3, -0.25) is 19.8 Å². The molecule has 1 saturated heterocycles. The summed E-state index contributed by atoms with van der Waals surface area (Å²) in [5.74, 6) is 0.258. The smallest absolute Gasteiger partial charge is 0.328 e. The average molecular weight is 446 g/mol. The second kappa shape index (κ2) is 9.48. The van der Waals surface area contributed by atoms with Crippen LogP contribution in [0.1, 0.15) is 25.0 Å². The Morgan fingerprint density at radius 2 is 1.87 bits per heavy atom. The molecular weight excluding hydrogens is 426 g/mol. The maximum atomic E-state index is 12.3. The first-order valence-electron chi connectivity index (χ1n) is 9.51. The summed E-state index contributed by atoms with van der Waals surface area (Å²) in [5.41, 5.74) is 1.40. The molecule has 3 amide bonds. The second-order valence-corrected chi connectivity index (χ2v) is 6.92. The SMILES string of the molecule is CCOc1cc(/C=C2/NC(=O)N(CC)C2=O)cc(Cl)c1OCc1ccc([N+](=O)[O-])cc1. The largest absolute Gasteiger partial charge is 0.490 e. The molecule has 1 N–H and O–H groups in total. The fourth-order valence-corrected chi connectivity index (χ4v) is 3.24. The van der Waals surface area contributed by atoms with Crippen LogP contribution >= 0.6 is 11.6 Å². The molecule has 0 spiro atoms. The maximum Gasteiger partial charge on any atom is 0.328 e. The van der Waals surface area contributed by atoms with Gasteiger partial charge in [-0.05, 0) is 55.3 Å². The lowest BCUT2D eigenvalue weighted by Gasteiger charge is -2.15. The Labute approximate surface area is 183 Å². The summed E-state index contributed by atoms with van der Waals surface area (Å²) in [7, 11) is 0. The summed E-state index contributed by atoms with van der Waals surface area (Å²) in [6, 6.07) is 8.76. The topological polar surface area (TPSA) is 111 Å². The summed E-state index contributed by atoms with van der Waals surface area (Å²) in [6.07, 6.45) is 1.52. The Morgan fingerprint density at radius 3 is 2.45 bits per heavy atom. The van der Waals surface area contributed by atoms with Crippen LogP contribution in [0, 0.1) is 10.1 Å². The van der Waals surface area contributed by atoms with E-state index in [0.29, 0.717) is 29.2 Å². The highest BCUT2D eigenvalue weighted by Crippen LogP contribution is 2.38. The van der Waals surface area contributed by atoms with Gasteiger partial charge in [0.05, 0.1) is 16.6 Å². The van der Waals surface area contributed by atoms with Gasteiger partial charge in [0.25, 0.3) is 11.6 Å². The van der Waals surface area contributed by atoms with Gasteiger partial charge in [-0.25, -0.2) is 4.79 Å². The van der Waals surface area contributed by atoms with E-state index in [1.165, 1.54) is 18.2 Å². The molecule has 0 aliphatic carbocycles. The molecule has 2 aromatic carbocycles. The molecule has 0 radical (unpaired) electrons. The van der Waals surface area contributed by atoms with Crippen LogP contribution in [0.25, 0.3) is 6.08 Å². The number of carbonyl (C=O) groups is 2. The van der Waals surface area contributed by atoms with Crippen molar-refractivity contribution in [1.29, 1.82) is 0 Å². The maximum absolute atomic E-state index is 12.3. The molecule has 2 aromatic rings. The van der Waals surface area contributed by atoms with Crippen LogP contribution in [0.3, 0.4) is 0 Å². The highest BCUT2D eigenvalue weighted by Gasteiger charge is 2.32. The summed E-state index contributed by atoms with van der Waals surface area (Å²) < 4.78 is 11.5. The molecular formula is C21H20ClN3O6. The van der Waals surface area contributed by atoms with E-state index in [4.69, 9.17) is 21.1 Å². The van der Waals surface area contributed by atoms with Gasteiger partial charge in [-0.1, -0.05) is 11.6 Å². The van der Waals surface area contributed by atoms with Gasteiger partial charge in [-0.15, -0.1) is 0 Å². The van der Waals surface area contributed by atoms with E-state index in [2.05, 4.69) is 5.32 Å². The fraction of sp³-hybridized carbons (Fsp3) is 0.238. The minimum atomic E-state index is -0.474. The number of hydrogen-bond donors (Lipinski definition) is 1. The number of rotatable bonds is 8. The lowest BCUT2D eigenvalue weighted by molar-refractivity contribution is -0.384. The zero-order valence-electron chi connectivity index (χ0n) is 16.9. The fourth-order valence-electron chi connectivity index (χ4n) is 2.97. The number of halogens is 1. The van der Waals surface area contributed by atoms with Gasteiger partial charge in [0.1, 0.15) is 12.3 Å². The molecule has 1 heterocycles. The van der Waals surface area contributed by atoms with Crippen molar-refractivity contribution in [3.63, 3.8) is 0 Å². The van der Waals surface area contributed by atoms with E-state index in [0.717, 1.165) is 4.90 Å². The number of nitrogens with zero attached hydrogens (tertiary/aromatic N) is 2. The average Bonchev–Trinajstić information content (AvgIpc) is 3.00. The Morgan fingerprint density at radius 1 is 1.16 bits per heavy atom. The van der Waals surface area contributed by atoms with Gasteiger partial charge in [0, 0.05) is 18.7 Å². The summed E-state index contributed by atoms with van der Waals surface area (Å²) in [4.78, 5) is 35.5. The van der Waals surface area contributed by atoms with Gasteiger partial charge in [-0.2, -0.15) is 0 Å². The van der Waals surface area contributed by atoms with Crippen molar-refractivity contribution in [2.24, 2.45) is 0 Å². The van der Waals surface area contributed by atoms with Crippen molar-refractivity contribution in [3.8, 4) is 11.5 Å². The first kappa shape index (κ1) is 22.1. The molecule has 162 valence electrons. The summed E-state index contributed by atoms with van der Waals surface area (Å²) in [6.45, 7) is 4.25. The van der Waals surface area contributed by atoms with Crippen molar-refractivity contribution in [2.75, 3.05) is 13.2 Å². The minimum Gasteiger partial charge on any atom is -0.490 e. The number of nitro benzene ring substituents is 1. The molecule has 1 aliphatic heterocycles. The number of carbonyl (C=O) groups excluding carboxylic acids is 2. The van der Waals surface area contributed by atoms with Crippen molar-refractivity contribution >= 4 is 35.3 Å². The number of urea groups is 1. The van der Waals surface area contributed by atoms with Crippen LogP contribution in [-0.4, -0.2) is 34.9 Å². The Balaban J connectivity index is 1.83. The van der Waals surface area contributed by atoms with Crippen LogP contribution in [-0.2, 0) is 11.4 Å². The van der Waals surface area contributed by atoms with Gasteiger partial charge < -0.3 is 14.8 Å². The van der Waals surface area contributed by atoms with E-state index in [9.17, 15) is 19.7 Å². The Hall–Kier alpha value is -3.59. The number of likely N-dealkylation sites (N-methyl/N-ethyl adjacent to an activating group) is 1. The highest BCUT2D eigenvalue weighted by atomic mass is 35.5. The van der Waals surface area contributed by atoms with Gasteiger partial charge in [0.15, 0.2) is 11.5 Å². The molecule has 0 aromatic heterocycles. The van der Waals surface area contributed by atoms with Crippen molar-refractivity contribution < 1.29 is 24.0 Å². The first-order valence-corrected chi connectivity index (χ1v) is 9.88. The molecule has 0 bridgehead atoms. The normalized spacial score (nSPS) is 14.7. The number of imide groups is 1. The van der Waals surface area contributed by atoms with Crippen LogP contribution in [0.5, 0.6) is 11.5 Å². The lowest BCUT2D eigenvalue weighted by Crippen LogP contribution is -2.30. The predicted molar refractivity (Wildman–Crippen MR) is 114 cm³/mol. The van der Waals surface area contributed by atoms with E-state index in [1.54, 1.807) is 38.1 Å². The number of nitro groups is 1. The van der Waals surface area contributed by atoms with E-state index in [-0.39, 0.29) is 29.6 Å². The molecule has 0 unspecified atom stereocenters. The molecule has 0 atom stereocenters. The molecule has 0 saturated carbocycles. The number of benzene rings is 2. The minimum absolute atomic E-state index is 0.00984. The number of nitrogens with one attached hydrogen (secondary N) is 1. The molecule has 9 nitrogen and oxygen atoms in total. The van der Waals surface area contributed by atoms with Crippen LogP contribution in [0.4, 0.5) is 10.5 Å². The second-order valence-electron chi connectivity index (χ2n) is 6.51. The van der Waals surface area contributed by atoms with E-state index >= 15 is 0 Å². The highest BCUT2D eigenvalue weighted by molar-refractivity contribution is 6.32. The quantitative estimate of drug-likeness (QED) is 0.283. The third-order valence-corrected chi connectivity index (χ3v) is 4.73. The number of amides is 3. The monoisotopic (exact) mass is 445 g/mol. The third kappa shape index (κ3) is 4.95. The first-order chi connectivity index (χ1) is 14.8. The van der Waals surface area contributed by atoms with Crippen molar-refractivity contribution in [1.82, 2.24) is 10.2 Å². The lowest BCUT2D eigenvalue weighted by atomic mass is 10.1. The van der Waals surface area contributed by atoms with Crippen LogP contribution in [0.15, 0.2) is 42.1 Å². The zero-order chi connectivity index (χ0) is 22.5. The van der Waals surface area contributed by atoms with Crippen LogP contribution < -0.4 is 14.8 Å².